The van der Waals surface area contributed by atoms with Crippen LogP contribution in [0.25, 0.3) is 0 Å². The number of hydrogen-bond donors (Lipinski definition) is 1. The third kappa shape index (κ3) is 4.50. The molecule has 0 aliphatic carbocycles. The van der Waals surface area contributed by atoms with Gasteiger partial charge in [0.1, 0.15) is 5.82 Å². The summed E-state index contributed by atoms with van der Waals surface area (Å²) in [5.74, 6) is -0.175. The monoisotopic (exact) mass is 264 g/mol. The molecule has 1 saturated heterocycles. The van der Waals surface area contributed by atoms with Crippen LogP contribution in [-0.4, -0.2) is 30.6 Å². The van der Waals surface area contributed by atoms with Crippen molar-refractivity contribution in [3.05, 3.63) is 30.1 Å². The molecule has 19 heavy (non-hydrogen) atoms. The van der Waals surface area contributed by atoms with Crippen LogP contribution >= 0.6 is 0 Å². The average Bonchev–Trinajstić information content (AvgIpc) is 2.64. The number of likely N-dealkylation sites (tertiary alicyclic amines) is 1. The van der Waals surface area contributed by atoms with E-state index in [1.54, 1.807) is 12.1 Å². The van der Waals surface area contributed by atoms with Crippen molar-refractivity contribution >= 4 is 5.69 Å². The van der Waals surface area contributed by atoms with Gasteiger partial charge in [0, 0.05) is 24.8 Å². The normalized spacial score (nSPS) is 21.1. The van der Waals surface area contributed by atoms with Gasteiger partial charge in [-0.25, -0.2) is 4.39 Å². The summed E-state index contributed by atoms with van der Waals surface area (Å²) in [6.45, 7) is 5.43. The summed E-state index contributed by atoms with van der Waals surface area (Å²) >= 11 is 0. The van der Waals surface area contributed by atoms with Crippen molar-refractivity contribution in [2.24, 2.45) is 0 Å². The molecule has 1 fully saturated rings. The van der Waals surface area contributed by atoms with E-state index in [0.29, 0.717) is 0 Å². The first-order chi connectivity index (χ1) is 9.29. The number of nitrogens with zero attached hydrogens (tertiary/aromatic N) is 1. The molecule has 1 aliphatic heterocycles. The molecule has 1 N–H and O–H groups in total. The van der Waals surface area contributed by atoms with Gasteiger partial charge in [0.2, 0.25) is 0 Å². The summed E-state index contributed by atoms with van der Waals surface area (Å²) in [7, 11) is 0. The molecule has 2 rings (SSSR count). The molecule has 1 aromatic carbocycles. The molecule has 0 aromatic heterocycles. The van der Waals surface area contributed by atoms with Gasteiger partial charge in [-0.05, 0) is 44.0 Å². The molecule has 1 aromatic rings. The number of anilines is 1. The SMILES string of the molecule is CCC1CCCCCN1CCNc1cccc(F)c1. The standard InChI is InChI=1S/C16H25FN2/c1-2-16-9-4-3-5-11-19(16)12-10-18-15-8-6-7-14(17)13-15/h6-8,13,16,18H,2-5,9-12H2,1H3. The maximum Gasteiger partial charge on any atom is 0.125 e. The first-order valence-corrected chi connectivity index (χ1v) is 7.53. The Morgan fingerprint density at radius 2 is 2.21 bits per heavy atom. The Morgan fingerprint density at radius 3 is 3.00 bits per heavy atom. The Morgan fingerprint density at radius 1 is 1.32 bits per heavy atom. The number of nitrogens with one attached hydrogen (secondary N) is 1. The van der Waals surface area contributed by atoms with E-state index in [1.807, 2.05) is 6.07 Å². The topological polar surface area (TPSA) is 15.3 Å². The second kappa shape index (κ2) is 7.49. The summed E-state index contributed by atoms with van der Waals surface area (Å²) in [5, 5.41) is 3.32. The molecule has 0 spiro atoms. The third-order valence-electron chi connectivity index (χ3n) is 4.02. The fourth-order valence-electron chi connectivity index (χ4n) is 2.94. The summed E-state index contributed by atoms with van der Waals surface area (Å²) < 4.78 is 13.1. The highest BCUT2D eigenvalue weighted by atomic mass is 19.1. The minimum absolute atomic E-state index is 0.175. The lowest BCUT2D eigenvalue weighted by Gasteiger charge is -2.29. The van der Waals surface area contributed by atoms with Crippen molar-refractivity contribution in [1.29, 1.82) is 0 Å². The van der Waals surface area contributed by atoms with Crippen LogP contribution in [0.15, 0.2) is 24.3 Å². The highest BCUT2D eigenvalue weighted by molar-refractivity contribution is 5.42. The first-order valence-electron chi connectivity index (χ1n) is 7.53. The predicted octanol–water partition coefficient (Wildman–Crippen LogP) is 3.89. The van der Waals surface area contributed by atoms with Crippen molar-refractivity contribution in [2.75, 3.05) is 25.0 Å². The maximum absolute atomic E-state index is 13.1. The van der Waals surface area contributed by atoms with E-state index >= 15 is 0 Å². The second-order valence-electron chi connectivity index (χ2n) is 5.38. The van der Waals surface area contributed by atoms with Gasteiger partial charge in [-0.15, -0.1) is 0 Å². The average molecular weight is 264 g/mol. The molecule has 1 unspecified atom stereocenters. The van der Waals surface area contributed by atoms with Gasteiger partial charge in [0.05, 0.1) is 0 Å². The van der Waals surface area contributed by atoms with E-state index in [4.69, 9.17) is 0 Å². The fourth-order valence-corrected chi connectivity index (χ4v) is 2.94. The molecule has 0 saturated carbocycles. The molecular weight excluding hydrogens is 239 g/mol. The Bertz CT molecular complexity index is 381. The fraction of sp³-hybridized carbons (Fsp3) is 0.625. The van der Waals surface area contributed by atoms with Crippen molar-refractivity contribution in [2.45, 2.75) is 45.1 Å². The number of hydrogen-bond acceptors (Lipinski definition) is 2. The Balaban J connectivity index is 1.80. The summed E-state index contributed by atoms with van der Waals surface area (Å²) in [4.78, 5) is 2.60. The number of halogens is 1. The minimum atomic E-state index is -0.175. The largest absolute Gasteiger partial charge is 0.384 e. The van der Waals surface area contributed by atoms with E-state index in [9.17, 15) is 4.39 Å². The van der Waals surface area contributed by atoms with Gasteiger partial charge in [-0.3, -0.25) is 4.90 Å². The summed E-state index contributed by atoms with van der Waals surface area (Å²) in [6.07, 6.45) is 6.61. The van der Waals surface area contributed by atoms with E-state index in [2.05, 4.69) is 17.1 Å². The quantitative estimate of drug-likeness (QED) is 0.868. The van der Waals surface area contributed by atoms with E-state index < -0.39 is 0 Å². The zero-order valence-corrected chi connectivity index (χ0v) is 11.9. The zero-order valence-electron chi connectivity index (χ0n) is 11.9. The molecule has 106 valence electrons. The van der Waals surface area contributed by atoms with Crippen LogP contribution in [-0.2, 0) is 0 Å². The lowest BCUT2D eigenvalue weighted by atomic mass is 10.1. The van der Waals surface area contributed by atoms with Crippen LogP contribution in [0.2, 0.25) is 0 Å². The van der Waals surface area contributed by atoms with Crippen molar-refractivity contribution in [1.82, 2.24) is 4.90 Å². The predicted molar refractivity (Wildman–Crippen MR) is 79.0 cm³/mol. The first kappa shape index (κ1) is 14.3. The van der Waals surface area contributed by atoms with Crippen LogP contribution in [0, 0.1) is 5.82 Å². The highest BCUT2D eigenvalue weighted by Gasteiger charge is 2.18. The van der Waals surface area contributed by atoms with Crippen LogP contribution < -0.4 is 5.32 Å². The van der Waals surface area contributed by atoms with Crippen LogP contribution in [0.4, 0.5) is 10.1 Å². The Labute approximate surface area is 116 Å². The zero-order chi connectivity index (χ0) is 13.5. The lowest BCUT2D eigenvalue weighted by Crippen LogP contribution is -2.37. The molecule has 0 radical (unpaired) electrons. The van der Waals surface area contributed by atoms with Crippen LogP contribution in [0.5, 0.6) is 0 Å². The van der Waals surface area contributed by atoms with E-state index in [0.717, 1.165) is 24.8 Å². The number of rotatable bonds is 5. The van der Waals surface area contributed by atoms with Gasteiger partial charge in [0.15, 0.2) is 0 Å². The Hall–Kier alpha value is -1.09. The minimum Gasteiger partial charge on any atom is -0.384 e. The van der Waals surface area contributed by atoms with E-state index in [-0.39, 0.29) is 5.82 Å². The van der Waals surface area contributed by atoms with Gasteiger partial charge >= 0.3 is 0 Å². The maximum atomic E-state index is 13.1. The second-order valence-corrected chi connectivity index (χ2v) is 5.38. The van der Waals surface area contributed by atoms with Crippen molar-refractivity contribution < 1.29 is 4.39 Å². The summed E-state index contributed by atoms with van der Waals surface area (Å²) in [6, 6.07) is 7.44. The third-order valence-corrected chi connectivity index (χ3v) is 4.02. The molecule has 1 heterocycles. The molecular formula is C16H25FN2. The van der Waals surface area contributed by atoms with Crippen LogP contribution in [0.3, 0.4) is 0 Å². The van der Waals surface area contributed by atoms with Gasteiger partial charge in [-0.1, -0.05) is 25.8 Å². The van der Waals surface area contributed by atoms with Crippen molar-refractivity contribution in [3.63, 3.8) is 0 Å². The molecule has 2 nitrogen and oxygen atoms in total. The molecule has 1 aliphatic rings. The molecule has 1 atom stereocenters. The number of benzene rings is 1. The van der Waals surface area contributed by atoms with E-state index in [1.165, 1.54) is 44.7 Å². The Kier molecular flexibility index (Phi) is 5.64. The van der Waals surface area contributed by atoms with Gasteiger partial charge in [0.25, 0.3) is 0 Å². The highest BCUT2D eigenvalue weighted by Crippen LogP contribution is 2.18. The molecule has 0 amide bonds. The van der Waals surface area contributed by atoms with Crippen molar-refractivity contribution in [3.8, 4) is 0 Å². The van der Waals surface area contributed by atoms with Gasteiger partial charge < -0.3 is 5.32 Å². The summed E-state index contributed by atoms with van der Waals surface area (Å²) in [5.41, 5.74) is 0.878. The van der Waals surface area contributed by atoms with Crippen LogP contribution in [0.1, 0.15) is 39.0 Å². The smallest absolute Gasteiger partial charge is 0.125 e. The lowest BCUT2D eigenvalue weighted by molar-refractivity contribution is 0.202. The molecule has 0 bridgehead atoms. The molecule has 3 heteroatoms. The van der Waals surface area contributed by atoms with Gasteiger partial charge in [-0.2, -0.15) is 0 Å².